The zero-order valence-corrected chi connectivity index (χ0v) is 10.1. The maximum atomic E-state index is 7.91. The Hall–Kier alpha value is -0.390. The van der Waals surface area contributed by atoms with Crippen LogP contribution in [0.25, 0.3) is 0 Å². The van der Waals surface area contributed by atoms with E-state index >= 15 is 0 Å². The Morgan fingerprint density at radius 2 is 1.50 bits per heavy atom. The number of allylic oxidation sites excluding steroid dienone is 4. The minimum absolute atomic E-state index is 0.239. The van der Waals surface area contributed by atoms with Gasteiger partial charge in [-0.2, -0.15) is 5.26 Å². The zero-order chi connectivity index (χ0) is 11.6. The normalized spacial score (nSPS) is 10.8. The van der Waals surface area contributed by atoms with Gasteiger partial charge in [0.05, 0.1) is 16.1 Å². The van der Waals surface area contributed by atoms with Crippen LogP contribution in [0.4, 0.5) is 0 Å². The molecule has 0 fully saturated rings. The molecule has 0 radical (unpaired) electrons. The molecule has 0 saturated carbocycles. The summed E-state index contributed by atoms with van der Waals surface area (Å²) in [6.07, 6.45) is 1.42. The van der Waals surface area contributed by atoms with Crippen molar-refractivity contribution in [2.45, 2.75) is 0 Å². The number of hydrogen-bond donors (Lipinski definition) is 0. The van der Waals surface area contributed by atoms with Crippen LogP contribution < -0.4 is 0 Å². The van der Waals surface area contributed by atoms with E-state index in [4.69, 9.17) is 51.7 Å². The molecule has 0 atom stereocenters. The van der Waals surface area contributed by atoms with E-state index in [0.29, 0.717) is 5.57 Å². The third-order valence-corrected chi connectivity index (χ3v) is 2.19. The third kappa shape index (κ3) is 9.70. The first-order valence-electron chi connectivity index (χ1n) is 3.17. The van der Waals surface area contributed by atoms with E-state index in [1.807, 2.05) is 0 Å². The number of halogens is 4. The lowest BCUT2D eigenvalue weighted by molar-refractivity contribution is 1.51. The molecule has 0 aromatic heterocycles. The molecule has 5 heteroatoms. The van der Waals surface area contributed by atoms with Crippen LogP contribution in [-0.2, 0) is 0 Å². The average molecular weight is 271 g/mol. The summed E-state index contributed by atoms with van der Waals surface area (Å²) in [5.41, 5.74) is 2.70. The summed E-state index contributed by atoms with van der Waals surface area (Å²) in [5, 5.41) is 8.39. The van der Waals surface area contributed by atoms with Crippen LogP contribution in [0.2, 0.25) is 0 Å². The van der Waals surface area contributed by atoms with Gasteiger partial charge < -0.3 is 0 Å². The van der Waals surface area contributed by atoms with Gasteiger partial charge in [0.2, 0.25) is 0 Å². The second kappa shape index (κ2) is 10.7. The summed E-state index contributed by atoms with van der Waals surface area (Å²) >= 11 is 21.0. The van der Waals surface area contributed by atoms with Gasteiger partial charge in [0, 0.05) is 16.6 Å². The maximum Gasteiger partial charge on any atom is 0.0985 e. The second-order valence-electron chi connectivity index (χ2n) is 1.76. The van der Waals surface area contributed by atoms with Crippen LogP contribution >= 0.6 is 46.4 Å². The van der Waals surface area contributed by atoms with Crippen LogP contribution in [0, 0.1) is 11.3 Å². The van der Waals surface area contributed by atoms with E-state index in [2.05, 4.69) is 13.2 Å². The molecule has 0 saturated heterocycles. The van der Waals surface area contributed by atoms with E-state index in [1.165, 1.54) is 6.08 Å². The summed E-state index contributed by atoms with van der Waals surface area (Å²) in [5.74, 6) is 0. The van der Waals surface area contributed by atoms with Gasteiger partial charge in [0.25, 0.3) is 0 Å². The largest absolute Gasteiger partial charge is 0.192 e. The van der Waals surface area contributed by atoms with E-state index < -0.39 is 0 Å². The zero-order valence-electron chi connectivity index (χ0n) is 7.11. The third-order valence-electron chi connectivity index (χ3n) is 0.810. The van der Waals surface area contributed by atoms with Gasteiger partial charge >= 0.3 is 0 Å². The highest BCUT2D eigenvalue weighted by atomic mass is 35.5. The van der Waals surface area contributed by atoms with Gasteiger partial charge in [-0.1, -0.05) is 65.6 Å². The molecule has 0 aliphatic heterocycles. The predicted molar refractivity (Wildman–Crippen MR) is 64.5 cm³/mol. The standard InChI is InChI=1S/C5H5N.C4H2Cl4/c1-3-5(2)4-6;5-1-3(7)4(8)2-6/h3H,1-2H2;1-2H/b;3-1-,4-2-. The van der Waals surface area contributed by atoms with E-state index in [-0.39, 0.29) is 10.1 Å². The van der Waals surface area contributed by atoms with Gasteiger partial charge in [-0.3, -0.25) is 0 Å². The summed E-state index contributed by atoms with van der Waals surface area (Å²) < 4.78 is 0. The highest BCUT2D eigenvalue weighted by Crippen LogP contribution is 2.19. The molecule has 0 aliphatic rings. The summed E-state index contributed by atoms with van der Waals surface area (Å²) in [6, 6.07) is 1.80. The SMILES string of the molecule is C=CC(=C)C#N.Cl/C=C(Cl)/C(Cl)=C/Cl. The molecule has 0 aliphatic carbocycles. The molecule has 0 aromatic carbocycles. The maximum absolute atomic E-state index is 7.91. The molecule has 0 rings (SSSR count). The number of nitriles is 1. The first kappa shape index (κ1) is 16.1. The van der Waals surface area contributed by atoms with Crippen molar-refractivity contribution in [1.29, 1.82) is 5.26 Å². The molecule has 76 valence electrons. The van der Waals surface area contributed by atoms with E-state index in [9.17, 15) is 0 Å². The molecule has 0 aromatic rings. The fourth-order valence-corrected chi connectivity index (χ4v) is 0.606. The molecule has 0 unspecified atom stereocenters. The molecule has 0 N–H and O–H groups in total. The number of nitrogens with zero attached hydrogens (tertiary/aromatic N) is 1. The fraction of sp³-hybridized carbons (Fsp3) is 0. The summed E-state index contributed by atoms with van der Waals surface area (Å²) in [4.78, 5) is 0. The Kier molecular flexibility index (Phi) is 12.3. The van der Waals surface area contributed by atoms with Crippen LogP contribution in [0.3, 0.4) is 0 Å². The van der Waals surface area contributed by atoms with Gasteiger partial charge in [0.1, 0.15) is 0 Å². The van der Waals surface area contributed by atoms with Gasteiger partial charge in [0.15, 0.2) is 0 Å². The van der Waals surface area contributed by atoms with Crippen molar-refractivity contribution in [2.75, 3.05) is 0 Å². The molecule has 0 amide bonds. The van der Waals surface area contributed by atoms with Crippen LogP contribution in [0.5, 0.6) is 0 Å². The second-order valence-corrected chi connectivity index (χ2v) is 3.01. The van der Waals surface area contributed by atoms with Gasteiger partial charge in [-0.25, -0.2) is 0 Å². The Morgan fingerprint density at radius 1 is 1.14 bits per heavy atom. The monoisotopic (exact) mass is 269 g/mol. The van der Waals surface area contributed by atoms with Gasteiger partial charge in [-0.05, 0) is 0 Å². The fourth-order valence-electron chi connectivity index (χ4n) is 0.150. The molecule has 14 heavy (non-hydrogen) atoms. The minimum Gasteiger partial charge on any atom is -0.192 e. The van der Waals surface area contributed by atoms with Crippen molar-refractivity contribution in [1.82, 2.24) is 0 Å². The van der Waals surface area contributed by atoms with E-state index in [0.717, 1.165) is 11.1 Å². The average Bonchev–Trinajstić information content (AvgIpc) is 2.26. The molecule has 0 bridgehead atoms. The Labute approximate surface area is 104 Å². The van der Waals surface area contributed by atoms with Crippen LogP contribution in [-0.4, -0.2) is 0 Å². The number of rotatable bonds is 2. The molecule has 1 nitrogen and oxygen atoms in total. The quantitative estimate of drug-likeness (QED) is 0.518. The lowest BCUT2D eigenvalue weighted by Crippen LogP contribution is -1.64. The van der Waals surface area contributed by atoms with Crippen molar-refractivity contribution in [3.63, 3.8) is 0 Å². The van der Waals surface area contributed by atoms with Crippen molar-refractivity contribution in [3.8, 4) is 6.07 Å². The molecular weight excluding hydrogens is 264 g/mol. The lowest BCUT2D eigenvalue weighted by atomic mass is 10.3. The summed E-state index contributed by atoms with van der Waals surface area (Å²) in [6.45, 7) is 6.62. The molecule has 0 spiro atoms. The van der Waals surface area contributed by atoms with Gasteiger partial charge in [-0.15, -0.1) is 0 Å². The minimum atomic E-state index is 0.239. The lowest BCUT2D eigenvalue weighted by Gasteiger charge is -1.86. The Balaban J connectivity index is 0. The first-order chi connectivity index (χ1) is 6.53. The Morgan fingerprint density at radius 3 is 1.57 bits per heavy atom. The highest BCUT2D eigenvalue weighted by molar-refractivity contribution is 6.48. The van der Waals surface area contributed by atoms with Crippen LogP contribution in [0.1, 0.15) is 0 Å². The number of hydrogen-bond acceptors (Lipinski definition) is 1. The molecular formula is C9H7Cl4N. The smallest absolute Gasteiger partial charge is 0.0985 e. The van der Waals surface area contributed by atoms with Crippen molar-refractivity contribution >= 4 is 46.4 Å². The molecule has 0 heterocycles. The first-order valence-corrected chi connectivity index (χ1v) is 4.79. The highest BCUT2D eigenvalue weighted by Gasteiger charge is 1.93. The predicted octanol–water partition coefficient (Wildman–Crippen LogP) is 4.88. The topological polar surface area (TPSA) is 23.8 Å². The summed E-state index contributed by atoms with van der Waals surface area (Å²) in [7, 11) is 0. The van der Waals surface area contributed by atoms with E-state index in [1.54, 1.807) is 6.07 Å². The van der Waals surface area contributed by atoms with Crippen molar-refractivity contribution < 1.29 is 0 Å². The Bertz CT molecular complexity index is 280. The van der Waals surface area contributed by atoms with Crippen molar-refractivity contribution in [3.05, 3.63) is 45.9 Å². The van der Waals surface area contributed by atoms with Crippen molar-refractivity contribution in [2.24, 2.45) is 0 Å². The van der Waals surface area contributed by atoms with Crippen LogP contribution in [0.15, 0.2) is 45.9 Å².